The Labute approximate surface area is 77.9 Å². The first-order chi connectivity index (χ1) is 5.81. The molecule has 0 saturated heterocycles. The largest absolute Gasteiger partial charge is 0.462 e. The standard InChI is InChI=1S/C9H13ClO2/c1-2-12-9(11)7-5-3-4-6-8-10/h3,7H,2,4,6,8H2,1H3. The van der Waals surface area contributed by atoms with Gasteiger partial charge in [0, 0.05) is 5.88 Å². The van der Waals surface area contributed by atoms with Gasteiger partial charge in [-0.2, -0.15) is 0 Å². The van der Waals surface area contributed by atoms with Gasteiger partial charge in [-0.05, 0) is 25.8 Å². The second-order valence-corrected chi connectivity index (χ2v) is 2.48. The van der Waals surface area contributed by atoms with Gasteiger partial charge in [0.05, 0.1) is 12.7 Å². The number of rotatable bonds is 5. The molecule has 0 amide bonds. The quantitative estimate of drug-likeness (QED) is 0.218. The third kappa shape index (κ3) is 7.39. The molecule has 0 unspecified atom stereocenters. The van der Waals surface area contributed by atoms with Crippen molar-refractivity contribution in [1.82, 2.24) is 0 Å². The maximum Gasteiger partial charge on any atom is 0.338 e. The Morgan fingerprint density at radius 1 is 1.67 bits per heavy atom. The molecule has 3 heteroatoms. The maximum absolute atomic E-state index is 10.7. The molecule has 0 fully saturated rings. The summed E-state index contributed by atoms with van der Waals surface area (Å²) in [7, 11) is 0. The van der Waals surface area contributed by atoms with Crippen molar-refractivity contribution in [3.63, 3.8) is 0 Å². The molecule has 0 aliphatic carbocycles. The highest BCUT2D eigenvalue weighted by Gasteiger charge is 1.89. The number of hydrogen-bond donors (Lipinski definition) is 0. The first-order valence-electron chi connectivity index (χ1n) is 3.95. The van der Waals surface area contributed by atoms with Crippen LogP contribution >= 0.6 is 11.6 Å². The summed E-state index contributed by atoms with van der Waals surface area (Å²) in [4.78, 5) is 10.7. The van der Waals surface area contributed by atoms with Crippen molar-refractivity contribution in [1.29, 1.82) is 0 Å². The minimum absolute atomic E-state index is 0.348. The molecule has 0 radical (unpaired) electrons. The molecular formula is C9H13ClO2. The van der Waals surface area contributed by atoms with E-state index in [0.717, 1.165) is 12.8 Å². The summed E-state index contributed by atoms with van der Waals surface area (Å²) >= 11 is 5.44. The first kappa shape index (κ1) is 11.3. The maximum atomic E-state index is 10.7. The minimum Gasteiger partial charge on any atom is -0.462 e. The number of esters is 1. The third-order valence-electron chi connectivity index (χ3n) is 1.09. The Bertz CT molecular complexity index is 181. The Morgan fingerprint density at radius 2 is 2.42 bits per heavy atom. The molecule has 0 aliphatic heterocycles. The summed E-state index contributed by atoms with van der Waals surface area (Å²) in [5.41, 5.74) is 2.72. The predicted molar refractivity (Wildman–Crippen MR) is 49.2 cm³/mol. The van der Waals surface area contributed by atoms with Crippen LogP contribution in [0.25, 0.3) is 0 Å². The molecule has 2 nitrogen and oxygen atoms in total. The van der Waals surface area contributed by atoms with Gasteiger partial charge in [0.2, 0.25) is 0 Å². The molecule has 0 bridgehead atoms. The molecular weight excluding hydrogens is 176 g/mol. The van der Waals surface area contributed by atoms with Gasteiger partial charge < -0.3 is 4.74 Å². The molecule has 0 N–H and O–H groups in total. The first-order valence-corrected chi connectivity index (χ1v) is 4.48. The smallest absolute Gasteiger partial charge is 0.338 e. The van der Waals surface area contributed by atoms with Crippen LogP contribution in [0.15, 0.2) is 17.9 Å². The summed E-state index contributed by atoms with van der Waals surface area (Å²) in [5, 5.41) is 0. The second-order valence-electron chi connectivity index (χ2n) is 2.10. The van der Waals surface area contributed by atoms with Crippen LogP contribution < -0.4 is 0 Å². The van der Waals surface area contributed by atoms with Gasteiger partial charge in [0.25, 0.3) is 0 Å². The minimum atomic E-state index is -0.348. The average Bonchev–Trinajstić information content (AvgIpc) is 2.05. The fourth-order valence-corrected chi connectivity index (χ4v) is 0.728. The van der Waals surface area contributed by atoms with Crippen LogP contribution in [0.2, 0.25) is 0 Å². The van der Waals surface area contributed by atoms with Crippen molar-refractivity contribution in [3.8, 4) is 0 Å². The molecule has 68 valence electrons. The fourth-order valence-electron chi connectivity index (χ4n) is 0.573. The van der Waals surface area contributed by atoms with E-state index in [1.165, 1.54) is 6.08 Å². The fraction of sp³-hybridized carbons (Fsp3) is 0.556. The third-order valence-corrected chi connectivity index (χ3v) is 1.35. The zero-order valence-corrected chi connectivity index (χ0v) is 7.93. The van der Waals surface area contributed by atoms with Gasteiger partial charge in [0.1, 0.15) is 0 Å². The molecule has 0 aromatic carbocycles. The average molecular weight is 189 g/mol. The number of unbranched alkanes of at least 4 members (excludes halogenated alkanes) is 1. The summed E-state index contributed by atoms with van der Waals surface area (Å²) in [6.07, 6.45) is 4.82. The van der Waals surface area contributed by atoms with E-state index in [-0.39, 0.29) is 5.97 Å². The van der Waals surface area contributed by atoms with Gasteiger partial charge in [-0.3, -0.25) is 0 Å². The molecule has 0 aromatic rings. The van der Waals surface area contributed by atoms with E-state index in [9.17, 15) is 4.79 Å². The highest BCUT2D eigenvalue weighted by Crippen LogP contribution is 1.91. The van der Waals surface area contributed by atoms with Gasteiger partial charge in [-0.25, -0.2) is 4.79 Å². The van der Waals surface area contributed by atoms with Crippen LogP contribution in [0.5, 0.6) is 0 Å². The molecule has 0 heterocycles. The second kappa shape index (κ2) is 8.38. The number of carbonyl (C=O) groups excluding carboxylic acids is 1. The zero-order valence-electron chi connectivity index (χ0n) is 7.18. The molecule has 0 aliphatic rings. The molecule has 0 spiro atoms. The summed E-state index contributed by atoms with van der Waals surface area (Å²) in [6, 6.07) is 0. The summed E-state index contributed by atoms with van der Waals surface area (Å²) < 4.78 is 4.65. The lowest BCUT2D eigenvalue weighted by Crippen LogP contribution is -1.97. The predicted octanol–water partition coefficient (Wildman–Crippen LogP) is 2.28. The molecule has 0 rings (SSSR count). The van der Waals surface area contributed by atoms with Crippen LogP contribution in [0.4, 0.5) is 0 Å². The van der Waals surface area contributed by atoms with Crippen LogP contribution in [0.3, 0.4) is 0 Å². The highest BCUT2D eigenvalue weighted by atomic mass is 35.5. The number of hydrogen-bond acceptors (Lipinski definition) is 2. The lowest BCUT2D eigenvalue weighted by Gasteiger charge is -1.91. The Balaban J connectivity index is 3.57. The van der Waals surface area contributed by atoms with E-state index in [1.54, 1.807) is 13.0 Å². The monoisotopic (exact) mass is 188 g/mol. The normalized spacial score (nSPS) is 8.50. The number of ether oxygens (including phenoxy) is 1. The van der Waals surface area contributed by atoms with Gasteiger partial charge in [-0.1, -0.05) is 0 Å². The Morgan fingerprint density at radius 3 is 3.00 bits per heavy atom. The topological polar surface area (TPSA) is 26.3 Å². The van der Waals surface area contributed by atoms with Crippen LogP contribution in [-0.4, -0.2) is 18.5 Å². The van der Waals surface area contributed by atoms with Crippen LogP contribution in [0.1, 0.15) is 19.8 Å². The SMILES string of the molecule is CCOC(=O)C=C=CCCCCl. The van der Waals surface area contributed by atoms with Crippen molar-refractivity contribution in [2.75, 3.05) is 12.5 Å². The number of carbonyl (C=O) groups is 1. The lowest BCUT2D eigenvalue weighted by atomic mass is 10.3. The van der Waals surface area contributed by atoms with E-state index in [1.807, 2.05) is 0 Å². The van der Waals surface area contributed by atoms with E-state index >= 15 is 0 Å². The Hall–Kier alpha value is -0.720. The zero-order chi connectivity index (χ0) is 9.23. The van der Waals surface area contributed by atoms with Crippen molar-refractivity contribution in [3.05, 3.63) is 17.9 Å². The highest BCUT2D eigenvalue weighted by molar-refractivity contribution is 6.17. The summed E-state index contributed by atoms with van der Waals surface area (Å²) in [5.74, 6) is 0.289. The van der Waals surface area contributed by atoms with Crippen LogP contribution in [0, 0.1) is 0 Å². The van der Waals surface area contributed by atoms with E-state index in [4.69, 9.17) is 11.6 Å². The molecule has 0 aromatic heterocycles. The number of alkyl halides is 1. The van der Waals surface area contributed by atoms with Crippen molar-refractivity contribution in [2.45, 2.75) is 19.8 Å². The van der Waals surface area contributed by atoms with Crippen molar-refractivity contribution < 1.29 is 9.53 Å². The van der Waals surface area contributed by atoms with Crippen molar-refractivity contribution >= 4 is 17.6 Å². The van der Waals surface area contributed by atoms with E-state index in [2.05, 4.69) is 10.5 Å². The van der Waals surface area contributed by atoms with Gasteiger partial charge >= 0.3 is 5.97 Å². The van der Waals surface area contributed by atoms with E-state index < -0.39 is 0 Å². The number of halogens is 1. The molecule has 0 saturated carbocycles. The van der Waals surface area contributed by atoms with E-state index in [0.29, 0.717) is 12.5 Å². The Kier molecular flexibility index (Phi) is 7.87. The lowest BCUT2D eigenvalue weighted by molar-refractivity contribution is -0.137. The van der Waals surface area contributed by atoms with Crippen molar-refractivity contribution in [2.24, 2.45) is 0 Å². The van der Waals surface area contributed by atoms with Crippen LogP contribution in [-0.2, 0) is 9.53 Å². The molecule has 12 heavy (non-hydrogen) atoms. The van der Waals surface area contributed by atoms with Gasteiger partial charge in [-0.15, -0.1) is 17.3 Å². The summed E-state index contributed by atoms with van der Waals surface area (Å²) in [6.45, 7) is 2.17. The van der Waals surface area contributed by atoms with Gasteiger partial charge in [0.15, 0.2) is 0 Å². The molecule has 0 atom stereocenters.